The van der Waals surface area contributed by atoms with E-state index in [1.165, 1.54) is 11.3 Å². The Morgan fingerprint density at radius 1 is 1.42 bits per heavy atom. The third-order valence-electron chi connectivity index (χ3n) is 2.25. The van der Waals surface area contributed by atoms with Crippen molar-refractivity contribution < 1.29 is 17.9 Å². The Morgan fingerprint density at radius 3 is 2.58 bits per heavy atom. The Labute approximate surface area is 123 Å². The first kappa shape index (κ1) is 17.0. The van der Waals surface area contributed by atoms with Crippen LogP contribution >= 0.6 is 34.5 Å². The van der Waals surface area contributed by atoms with Crippen LogP contribution in [0.15, 0.2) is 6.07 Å². The van der Waals surface area contributed by atoms with Gasteiger partial charge in [0.15, 0.2) is 0 Å². The van der Waals surface area contributed by atoms with Crippen LogP contribution in [0.5, 0.6) is 0 Å². The fourth-order valence-corrected chi connectivity index (χ4v) is 3.04. The highest BCUT2D eigenvalue weighted by molar-refractivity contribution is 7.20. The van der Waals surface area contributed by atoms with Crippen LogP contribution in [-0.2, 0) is 4.74 Å². The van der Waals surface area contributed by atoms with Crippen LogP contribution in [0.3, 0.4) is 0 Å². The van der Waals surface area contributed by atoms with E-state index in [0.717, 1.165) is 6.42 Å². The molecule has 0 saturated carbocycles. The highest BCUT2D eigenvalue weighted by Crippen LogP contribution is 2.35. The molecule has 0 aliphatic rings. The fourth-order valence-electron chi connectivity index (χ4n) is 1.46. The molecule has 0 spiro atoms. The highest BCUT2D eigenvalue weighted by atomic mass is 35.5. The molecular formula is C11H14Cl2F3NOS. The standard InChI is InChI=1S/C11H14Cl2F3NOS/c1-2-3-17-8(5-18-6-11(14,15)16)7-4-9(12)19-10(7)13/h4,8,17H,2-3,5-6H2,1H3. The Morgan fingerprint density at radius 2 is 2.11 bits per heavy atom. The molecule has 1 N–H and O–H groups in total. The number of ether oxygens (including phenoxy) is 1. The van der Waals surface area contributed by atoms with Gasteiger partial charge in [-0.1, -0.05) is 30.1 Å². The molecule has 110 valence electrons. The van der Waals surface area contributed by atoms with Crippen LogP contribution < -0.4 is 5.32 Å². The van der Waals surface area contributed by atoms with Gasteiger partial charge in [0, 0.05) is 5.56 Å². The smallest absolute Gasteiger partial charge is 0.370 e. The third-order valence-corrected chi connectivity index (χ3v) is 3.77. The van der Waals surface area contributed by atoms with Crippen molar-refractivity contribution in [3.63, 3.8) is 0 Å². The first-order chi connectivity index (χ1) is 8.83. The van der Waals surface area contributed by atoms with Crippen LogP contribution in [0.1, 0.15) is 24.9 Å². The summed E-state index contributed by atoms with van der Waals surface area (Å²) in [7, 11) is 0. The van der Waals surface area contributed by atoms with Crippen LogP contribution in [0, 0.1) is 0 Å². The van der Waals surface area contributed by atoms with Crippen LogP contribution in [0.25, 0.3) is 0 Å². The largest absolute Gasteiger partial charge is 0.411 e. The number of nitrogens with one attached hydrogen (secondary N) is 1. The zero-order chi connectivity index (χ0) is 14.5. The van der Waals surface area contributed by atoms with E-state index in [2.05, 4.69) is 5.32 Å². The summed E-state index contributed by atoms with van der Waals surface area (Å²) in [6.45, 7) is 1.24. The summed E-state index contributed by atoms with van der Waals surface area (Å²) < 4.78 is 41.8. The zero-order valence-electron chi connectivity index (χ0n) is 10.2. The predicted molar refractivity (Wildman–Crippen MR) is 72.2 cm³/mol. The monoisotopic (exact) mass is 335 g/mol. The molecule has 0 amide bonds. The van der Waals surface area contributed by atoms with Gasteiger partial charge in [-0.3, -0.25) is 0 Å². The average molecular weight is 336 g/mol. The molecule has 1 rings (SSSR count). The van der Waals surface area contributed by atoms with E-state index in [0.29, 0.717) is 20.8 Å². The van der Waals surface area contributed by atoms with E-state index in [9.17, 15) is 13.2 Å². The molecular weight excluding hydrogens is 322 g/mol. The second-order valence-corrected chi connectivity index (χ2v) is 6.20. The average Bonchev–Trinajstić information content (AvgIpc) is 2.61. The van der Waals surface area contributed by atoms with E-state index >= 15 is 0 Å². The second-order valence-electron chi connectivity index (χ2n) is 3.92. The number of thiophene rings is 1. The maximum absolute atomic E-state index is 12.1. The SMILES string of the molecule is CCCNC(COCC(F)(F)F)c1cc(Cl)sc1Cl. The molecule has 19 heavy (non-hydrogen) atoms. The maximum atomic E-state index is 12.1. The molecule has 0 aromatic carbocycles. The highest BCUT2D eigenvalue weighted by Gasteiger charge is 2.28. The van der Waals surface area contributed by atoms with E-state index in [1.54, 1.807) is 6.07 Å². The molecule has 0 radical (unpaired) electrons. The van der Waals surface area contributed by atoms with Crippen molar-refractivity contribution in [3.05, 3.63) is 20.3 Å². The topological polar surface area (TPSA) is 21.3 Å². The van der Waals surface area contributed by atoms with Gasteiger partial charge in [-0.25, -0.2) is 0 Å². The molecule has 0 fully saturated rings. The van der Waals surface area contributed by atoms with Crippen LogP contribution in [0.4, 0.5) is 13.2 Å². The van der Waals surface area contributed by atoms with Gasteiger partial charge in [-0.05, 0) is 19.0 Å². The molecule has 1 unspecified atom stereocenters. The molecule has 0 aliphatic carbocycles. The normalized spacial score (nSPS) is 13.8. The van der Waals surface area contributed by atoms with Crippen molar-refractivity contribution in [2.24, 2.45) is 0 Å². The van der Waals surface area contributed by atoms with E-state index in [4.69, 9.17) is 27.9 Å². The lowest BCUT2D eigenvalue weighted by molar-refractivity contribution is -0.175. The molecule has 8 heteroatoms. The Bertz CT molecular complexity index is 398. The number of halogens is 5. The fraction of sp³-hybridized carbons (Fsp3) is 0.636. The van der Waals surface area contributed by atoms with Crippen LogP contribution in [-0.4, -0.2) is 25.9 Å². The summed E-state index contributed by atoms with van der Waals surface area (Å²) in [6, 6.07) is 1.26. The van der Waals surface area contributed by atoms with Crippen molar-refractivity contribution >= 4 is 34.5 Å². The summed E-state index contributed by atoms with van der Waals surface area (Å²) in [5.74, 6) is 0. The van der Waals surface area contributed by atoms with Gasteiger partial charge in [0.25, 0.3) is 0 Å². The Kier molecular flexibility index (Phi) is 6.90. The predicted octanol–water partition coefficient (Wildman–Crippen LogP) is 4.67. The Hall–Kier alpha value is -0.0100. The molecule has 0 bridgehead atoms. The lowest BCUT2D eigenvalue weighted by Crippen LogP contribution is -2.28. The lowest BCUT2D eigenvalue weighted by atomic mass is 10.1. The van der Waals surface area contributed by atoms with E-state index < -0.39 is 18.8 Å². The molecule has 1 atom stereocenters. The molecule has 1 aromatic heterocycles. The van der Waals surface area contributed by atoms with E-state index in [-0.39, 0.29) is 6.61 Å². The first-order valence-corrected chi connectivity index (χ1v) is 7.23. The lowest BCUT2D eigenvalue weighted by Gasteiger charge is -2.19. The molecule has 2 nitrogen and oxygen atoms in total. The van der Waals surface area contributed by atoms with E-state index in [1.807, 2.05) is 6.92 Å². The zero-order valence-corrected chi connectivity index (χ0v) is 12.5. The molecule has 1 aromatic rings. The molecule has 0 aliphatic heterocycles. The maximum Gasteiger partial charge on any atom is 0.411 e. The molecule has 0 saturated heterocycles. The number of hydrogen-bond acceptors (Lipinski definition) is 3. The van der Waals surface area contributed by atoms with Gasteiger partial charge in [-0.15, -0.1) is 11.3 Å². The van der Waals surface area contributed by atoms with Gasteiger partial charge < -0.3 is 10.1 Å². The van der Waals surface area contributed by atoms with Crippen molar-refractivity contribution in [1.29, 1.82) is 0 Å². The number of hydrogen-bond donors (Lipinski definition) is 1. The summed E-state index contributed by atoms with van der Waals surface area (Å²) in [5.41, 5.74) is 0.673. The third kappa shape index (κ3) is 6.31. The summed E-state index contributed by atoms with van der Waals surface area (Å²) >= 11 is 13.0. The summed E-state index contributed by atoms with van der Waals surface area (Å²) in [5, 5.41) is 3.10. The number of alkyl halides is 3. The number of rotatable bonds is 7. The second kappa shape index (κ2) is 7.69. The van der Waals surface area contributed by atoms with Crippen LogP contribution in [0.2, 0.25) is 8.67 Å². The van der Waals surface area contributed by atoms with Crippen molar-refractivity contribution in [2.75, 3.05) is 19.8 Å². The van der Waals surface area contributed by atoms with Crippen molar-refractivity contribution in [2.45, 2.75) is 25.6 Å². The Balaban J connectivity index is 2.64. The van der Waals surface area contributed by atoms with Crippen molar-refractivity contribution in [3.8, 4) is 0 Å². The minimum atomic E-state index is -4.33. The van der Waals surface area contributed by atoms with Gasteiger partial charge in [0.2, 0.25) is 0 Å². The van der Waals surface area contributed by atoms with Crippen molar-refractivity contribution in [1.82, 2.24) is 5.32 Å². The van der Waals surface area contributed by atoms with Gasteiger partial charge in [0.05, 0.1) is 21.3 Å². The quantitative estimate of drug-likeness (QED) is 0.781. The summed E-state index contributed by atoms with van der Waals surface area (Å²) in [6.07, 6.45) is -3.48. The molecule has 1 heterocycles. The minimum Gasteiger partial charge on any atom is -0.370 e. The van der Waals surface area contributed by atoms with Gasteiger partial charge in [0.1, 0.15) is 6.61 Å². The van der Waals surface area contributed by atoms with Gasteiger partial charge in [-0.2, -0.15) is 13.2 Å². The van der Waals surface area contributed by atoms with Gasteiger partial charge >= 0.3 is 6.18 Å². The summed E-state index contributed by atoms with van der Waals surface area (Å²) in [4.78, 5) is 0. The minimum absolute atomic E-state index is 0.105. The first-order valence-electron chi connectivity index (χ1n) is 5.66.